The zero-order valence-corrected chi connectivity index (χ0v) is 22.6. The van der Waals surface area contributed by atoms with Crippen molar-refractivity contribution < 1.29 is 0 Å². The van der Waals surface area contributed by atoms with Gasteiger partial charge in [0.2, 0.25) is 0 Å². The minimum atomic E-state index is 0.991. The van der Waals surface area contributed by atoms with Gasteiger partial charge in [0.1, 0.15) is 0 Å². The van der Waals surface area contributed by atoms with Crippen LogP contribution in [0.2, 0.25) is 0 Å². The predicted molar refractivity (Wildman–Crippen MR) is 178 cm³/mol. The molecule has 10 aromatic rings. The summed E-state index contributed by atoms with van der Waals surface area (Å²) in [6.45, 7) is 0. The highest BCUT2D eigenvalue weighted by atomic mass is 14.7. The van der Waals surface area contributed by atoms with E-state index >= 15 is 0 Å². The van der Waals surface area contributed by atoms with Crippen molar-refractivity contribution in [1.29, 1.82) is 0 Å². The monoisotopic (exact) mass is 530 g/mol. The molecule has 0 unspecified atom stereocenters. The van der Waals surface area contributed by atoms with Crippen LogP contribution in [0.3, 0.4) is 0 Å². The molecule has 10 rings (SSSR count). The molecule has 0 aliphatic heterocycles. The lowest BCUT2D eigenvalue weighted by atomic mass is 9.86. The van der Waals surface area contributed by atoms with Crippen LogP contribution in [0.25, 0.3) is 97.9 Å². The fraction of sp³-hybridized carbons (Fsp3) is 0. The molecular formula is C40H22N2. The van der Waals surface area contributed by atoms with Crippen LogP contribution in [0.1, 0.15) is 0 Å². The van der Waals surface area contributed by atoms with E-state index in [1.807, 2.05) is 24.5 Å². The molecule has 0 fully saturated rings. The van der Waals surface area contributed by atoms with E-state index in [0.717, 1.165) is 11.4 Å². The molecule has 2 heteroatoms. The van der Waals surface area contributed by atoms with E-state index in [-0.39, 0.29) is 0 Å². The first kappa shape index (κ1) is 22.1. The molecular weight excluding hydrogens is 508 g/mol. The number of benzene rings is 6. The Hall–Kier alpha value is -5.60. The number of hydrogen-bond acceptors (Lipinski definition) is 2. The van der Waals surface area contributed by atoms with Gasteiger partial charge in [0.05, 0.1) is 11.4 Å². The Balaban J connectivity index is 1.62. The summed E-state index contributed by atoms with van der Waals surface area (Å²) in [5.41, 5.74) is 4.37. The Morgan fingerprint density at radius 2 is 0.833 bits per heavy atom. The second-order valence-corrected chi connectivity index (χ2v) is 11.3. The fourth-order valence-corrected chi connectivity index (χ4v) is 7.69. The number of rotatable bonds is 2. The first-order valence-electron chi connectivity index (χ1n) is 14.4. The molecule has 0 spiro atoms. The van der Waals surface area contributed by atoms with E-state index in [9.17, 15) is 0 Å². The molecule has 0 aliphatic rings. The van der Waals surface area contributed by atoms with Crippen LogP contribution in [-0.2, 0) is 0 Å². The SMILES string of the molecule is c1ccc(-c2c3cc4c5ccccc5c5cccc(c3c(-c3ccccn3)c3c6cccc7cccc(c23)c76)c54)nc1. The van der Waals surface area contributed by atoms with Crippen molar-refractivity contribution in [2.24, 2.45) is 0 Å². The molecule has 2 aromatic heterocycles. The maximum absolute atomic E-state index is 5.00. The smallest absolute Gasteiger partial charge is 0.0714 e. The highest BCUT2D eigenvalue weighted by Crippen LogP contribution is 2.53. The van der Waals surface area contributed by atoms with Gasteiger partial charge in [-0.1, -0.05) is 91.0 Å². The zero-order valence-electron chi connectivity index (χ0n) is 22.6. The van der Waals surface area contributed by atoms with Crippen molar-refractivity contribution in [3.63, 3.8) is 0 Å². The molecule has 0 saturated heterocycles. The third-order valence-corrected chi connectivity index (χ3v) is 9.22. The van der Waals surface area contributed by atoms with E-state index in [0.29, 0.717) is 0 Å². The van der Waals surface area contributed by atoms with Gasteiger partial charge < -0.3 is 0 Å². The van der Waals surface area contributed by atoms with Gasteiger partial charge in [0, 0.05) is 39.7 Å². The molecule has 2 heterocycles. The highest BCUT2D eigenvalue weighted by Gasteiger charge is 2.26. The van der Waals surface area contributed by atoms with Crippen LogP contribution in [0, 0.1) is 0 Å². The topological polar surface area (TPSA) is 25.8 Å². The minimum absolute atomic E-state index is 0.991. The van der Waals surface area contributed by atoms with Crippen molar-refractivity contribution in [1.82, 2.24) is 9.97 Å². The summed E-state index contributed by atoms with van der Waals surface area (Å²) in [4.78, 5) is 9.98. The lowest BCUT2D eigenvalue weighted by Gasteiger charge is -2.18. The number of aromatic nitrogens is 2. The summed E-state index contributed by atoms with van der Waals surface area (Å²) < 4.78 is 0. The number of fused-ring (bicyclic) bond motifs is 8. The van der Waals surface area contributed by atoms with Crippen molar-refractivity contribution in [3.8, 4) is 22.5 Å². The number of hydrogen-bond donors (Lipinski definition) is 0. The largest absolute Gasteiger partial charge is 0.256 e. The van der Waals surface area contributed by atoms with E-state index in [1.165, 1.54) is 86.5 Å². The molecule has 0 aliphatic carbocycles. The van der Waals surface area contributed by atoms with Crippen LogP contribution < -0.4 is 0 Å². The van der Waals surface area contributed by atoms with Crippen LogP contribution in [0.15, 0.2) is 134 Å². The van der Waals surface area contributed by atoms with Crippen LogP contribution >= 0.6 is 0 Å². The van der Waals surface area contributed by atoms with E-state index in [2.05, 4.69) is 109 Å². The third kappa shape index (κ3) is 2.69. The van der Waals surface area contributed by atoms with Crippen molar-refractivity contribution >= 4 is 75.4 Å². The van der Waals surface area contributed by atoms with Gasteiger partial charge in [-0.05, 0) is 89.6 Å². The second-order valence-electron chi connectivity index (χ2n) is 11.3. The van der Waals surface area contributed by atoms with Crippen molar-refractivity contribution in [2.45, 2.75) is 0 Å². The molecule has 0 N–H and O–H groups in total. The van der Waals surface area contributed by atoms with Gasteiger partial charge in [-0.25, -0.2) is 0 Å². The number of pyridine rings is 2. The predicted octanol–water partition coefficient (Wildman–Crippen LogP) is 10.8. The van der Waals surface area contributed by atoms with Crippen LogP contribution in [0.4, 0.5) is 0 Å². The molecule has 2 nitrogen and oxygen atoms in total. The number of nitrogens with zero attached hydrogens (tertiary/aromatic N) is 2. The average molecular weight is 531 g/mol. The Kier molecular flexibility index (Phi) is 4.21. The normalized spacial score (nSPS) is 12.3. The molecule has 0 saturated carbocycles. The summed E-state index contributed by atoms with van der Waals surface area (Å²) >= 11 is 0. The van der Waals surface area contributed by atoms with Crippen molar-refractivity contribution in [3.05, 3.63) is 134 Å². The summed E-state index contributed by atoms with van der Waals surface area (Å²) in [5.74, 6) is 0. The standard InChI is InChI=1S/C40H22N2/c1-2-13-25-24(12-1)26-14-9-17-29-35(26)30(25)22-31-36(29)40(33-19-4-6-21-42-33)39-28-16-8-11-23-10-7-15-27(34(23)28)38(39)37(31)32-18-3-5-20-41-32/h1-22H. The average Bonchev–Trinajstić information content (AvgIpc) is 3.56. The van der Waals surface area contributed by atoms with Crippen LogP contribution in [-0.4, -0.2) is 9.97 Å². The molecule has 8 aromatic carbocycles. The van der Waals surface area contributed by atoms with Gasteiger partial charge in [-0.2, -0.15) is 0 Å². The van der Waals surface area contributed by atoms with Gasteiger partial charge >= 0.3 is 0 Å². The third-order valence-electron chi connectivity index (χ3n) is 9.22. The Bertz CT molecular complexity index is 2650. The molecule has 0 atom stereocenters. The minimum Gasteiger partial charge on any atom is -0.256 e. The summed E-state index contributed by atoms with van der Waals surface area (Å²) in [5, 5.41) is 17.8. The van der Waals surface area contributed by atoms with Crippen LogP contribution in [0.5, 0.6) is 0 Å². The lowest BCUT2D eigenvalue weighted by molar-refractivity contribution is 1.33. The fourth-order valence-electron chi connectivity index (χ4n) is 7.69. The first-order chi connectivity index (χ1) is 20.9. The Morgan fingerprint density at radius 1 is 0.310 bits per heavy atom. The Labute approximate surface area is 241 Å². The van der Waals surface area contributed by atoms with E-state index in [4.69, 9.17) is 9.97 Å². The van der Waals surface area contributed by atoms with Gasteiger partial charge in [0.15, 0.2) is 0 Å². The van der Waals surface area contributed by atoms with Crippen molar-refractivity contribution in [2.75, 3.05) is 0 Å². The maximum Gasteiger partial charge on any atom is 0.0714 e. The van der Waals surface area contributed by atoms with Gasteiger partial charge in [0.25, 0.3) is 0 Å². The summed E-state index contributed by atoms with van der Waals surface area (Å²) in [6, 6.07) is 44.0. The Morgan fingerprint density at radius 3 is 1.50 bits per heavy atom. The quantitative estimate of drug-likeness (QED) is 0.208. The van der Waals surface area contributed by atoms with E-state index < -0.39 is 0 Å². The molecule has 192 valence electrons. The summed E-state index contributed by atoms with van der Waals surface area (Å²) in [7, 11) is 0. The molecule has 0 radical (unpaired) electrons. The zero-order chi connectivity index (χ0) is 27.4. The highest BCUT2D eigenvalue weighted by molar-refractivity contribution is 6.44. The second kappa shape index (κ2) is 7.99. The summed E-state index contributed by atoms with van der Waals surface area (Å²) in [6.07, 6.45) is 3.83. The van der Waals surface area contributed by atoms with Gasteiger partial charge in [-0.15, -0.1) is 0 Å². The molecule has 0 bridgehead atoms. The van der Waals surface area contributed by atoms with E-state index in [1.54, 1.807) is 0 Å². The maximum atomic E-state index is 5.00. The molecule has 0 amide bonds. The molecule has 42 heavy (non-hydrogen) atoms. The van der Waals surface area contributed by atoms with Gasteiger partial charge in [-0.3, -0.25) is 9.97 Å². The first-order valence-corrected chi connectivity index (χ1v) is 14.4. The lowest BCUT2D eigenvalue weighted by Crippen LogP contribution is -1.93.